The molecule has 60 valence electrons. The number of hydrogen-bond acceptors (Lipinski definition) is 0. The van der Waals surface area contributed by atoms with Gasteiger partial charge in [-0.15, -0.1) is 5.69 Å². The molecule has 1 aliphatic rings. The average molecular weight is 158 g/mol. The van der Waals surface area contributed by atoms with E-state index in [0.717, 1.165) is 16.4 Å². The highest BCUT2D eigenvalue weighted by atomic mass is 32.2. The Balaban J connectivity index is 2.61. The highest BCUT2D eigenvalue weighted by molar-refractivity contribution is 8.08. The van der Waals surface area contributed by atoms with Crippen molar-refractivity contribution < 1.29 is 0 Å². The van der Waals surface area contributed by atoms with Crippen LogP contribution >= 0.6 is 10.3 Å². The zero-order valence-electron chi connectivity index (χ0n) is 7.17. The van der Waals surface area contributed by atoms with E-state index in [-0.39, 0.29) is 10.3 Å². The molecule has 1 aliphatic heterocycles. The quantitative estimate of drug-likeness (QED) is 0.557. The minimum Gasteiger partial charge on any atom is -0.198 e. The normalized spacial score (nSPS) is 40.9. The van der Waals surface area contributed by atoms with Crippen molar-refractivity contribution in [3.05, 3.63) is 0 Å². The van der Waals surface area contributed by atoms with E-state index in [4.69, 9.17) is 5.69 Å². The van der Waals surface area contributed by atoms with E-state index in [1.54, 1.807) is 0 Å². The Labute approximate surface area is 66.6 Å². The van der Waals surface area contributed by atoms with Crippen LogP contribution in [0.15, 0.2) is 0 Å². The van der Waals surface area contributed by atoms with Gasteiger partial charge in [0.2, 0.25) is 0 Å². The third-order valence-electron chi connectivity index (χ3n) is 2.54. The largest absolute Gasteiger partial charge is 0.198 e. The maximum absolute atomic E-state index is 6.09. The smallest absolute Gasteiger partial charge is 0.00205 e. The zero-order chi connectivity index (χ0) is 7.72. The van der Waals surface area contributed by atoms with Crippen LogP contribution in [0.5, 0.6) is 0 Å². The first-order chi connectivity index (χ1) is 4.63. The van der Waals surface area contributed by atoms with Gasteiger partial charge in [-0.05, 0) is 29.3 Å². The SMILES string of the molecule is C#[SH]1C(C(C)C)CC[C@H]1C. The lowest BCUT2D eigenvalue weighted by Gasteiger charge is -2.16. The minimum absolute atomic E-state index is 0.129. The highest BCUT2D eigenvalue weighted by Gasteiger charge is 2.24. The standard InChI is InChI=1S/C9H18S/c1-7(2)9-6-5-8(3)10(9)4/h4,7-10H,5-6H2,1-3H3/t8-,9?/m1/s1. The molecular formula is C9H18S. The first-order valence-corrected chi connectivity index (χ1v) is 5.71. The Morgan fingerprint density at radius 3 is 2.20 bits per heavy atom. The zero-order valence-corrected chi connectivity index (χ0v) is 8.07. The lowest BCUT2D eigenvalue weighted by molar-refractivity contribution is 0.580. The molecule has 1 rings (SSSR count). The van der Waals surface area contributed by atoms with Gasteiger partial charge in [0.05, 0.1) is 0 Å². The van der Waals surface area contributed by atoms with E-state index in [9.17, 15) is 0 Å². The molecule has 0 aromatic rings. The summed E-state index contributed by atoms with van der Waals surface area (Å²) in [5.41, 5.74) is 6.09. The van der Waals surface area contributed by atoms with Crippen LogP contribution in [0.1, 0.15) is 33.6 Å². The van der Waals surface area contributed by atoms with Crippen LogP contribution < -0.4 is 0 Å². The van der Waals surface area contributed by atoms with Gasteiger partial charge in [0.15, 0.2) is 0 Å². The topological polar surface area (TPSA) is 0 Å². The fourth-order valence-corrected chi connectivity index (χ4v) is 3.95. The second-order valence-electron chi connectivity index (χ2n) is 3.68. The molecule has 1 heteroatoms. The van der Waals surface area contributed by atoms with Crippen molar-refractivity contribution in [3.63, 3.8) is 0 Å². The molecule has 1 heterocycles. The molecule has 10 heavy (non-hydrogen) atoms. The van der Waals surface area contributed by atoms with Crippen molar-refractivity contribution in [1.82, 2.24) is 0 Å². The van der Waals surface area contributed by atoms with Crippen molar-refractivity contribution >= 4 is 10.3 Å². The van der Waals surface area contributed by atoms with Crippen LogP contribution in [0.3, 0.4) is 0 Å². The minimum atomic E-state index is -0.129. The molecule has 0 spiro atoms. The third kappa shape index (κ3) is 1.41. The molecule has 3 atom stereocenters. The molecule has 0 bridgehead atoms. The number of thiol groups is 1. The predicted octanol–water partition coefficient (Wildman–Crippen LogP) is 2.78. The maximum Gasteiger partial charge on any atom is -0.00205 e. The molecular weight excluding hydrogens is 140 g/mol. The molecule has 0 aliphatic carbocycles. The summed E-state index contributed by atoms with van der Waals surface area (Å²) in [6.45, 7) is 6.89. The third-order valence-corrected chi connectivity index (χ3v) is 5.44. The lowest BCUT2D eigenvalue weighted by Crippen LogP contribution is -2.07. The summed E-state index contributed by atoms with van der Waals surface area (Å²) < 4.78 is 0. The van der Waals surface area contributed by atoms with E-state index in [0.29, 0.717) is 0 Å². The van der Waals surface area contributed by atoms with Gasteiger partial charge < -0.3 is 0 Å². The van der Waals surface area contributed by atoms with Crippen LogP contribution in [0.25, 0.3) is 0 Å². The summed E-state index contributed by atoms with van der Waals surface area (Å²) in [7, 11) is -0.129. The van der Waals surface area contributed by atoms with E-state index in [1.807, 2.05) is 0 Å². The molecule has 0 amide bonds. The maximum atomic E-state index is 6.09. The summed E-state index contributed by atoms with van der Waals surface area (Å²) in [4.78, 5) is 0. The molecule has 0 nitrogen and oxygen atoms in total. The van der Waals surface area contributed by atoms with Gasteiger partial charge in [-0.2, -0.15) is 10.3 Å². The van der Waals surface area contributed by atoms with Gasteiger partial charge >= 0.3 is 0 Å². The highest BCUT2D eigenvalue weighted by Crippen LogP contribution is 2.40. The Hall–Kier alpha value is 0.130. The number of rotatable bonds is 1. The van der Waals surface area contributed by atoms with E-state index in [1.165, 1.54) is 12.8 Å². The molecule has 1 fully saturated rings. The van der Waals surface area contributed by atoms with Crippen molar-refractivity contribution in [1.29, 1.82) is 0 Å². The first kappa shape index (κ1) is 8.23. The summed E-state index contributed by atoms with van der Waals surface area (Å²) in [5, 5.41) is 1.67. The summed E-state index contributed by atoms with van der Waals surface area (Å²) in [5.74, 6) is 0.807. The fraction of sp³-hybridized carbons (Fsp3) is 0.889. The van der Waals surface area contributed by atoms with Crippen molar-refractivity contribution in [3.8, 4) is 5.69 Å². The van der Waals surface area contributed by atoms with Crippen molar-refractivity contribution in [2.45, 2.75) is 44.1 Å². The summed E-state index contributed by atoms with van der Waals surface area (Å²) >= 11 is 0. The predicted molar refractivity (Wildman–Crippen MR) is 51.3 cm³/mol. The molecule has 0 radical (unpaired) electrons. The van der Waals surface area contributed by atoms with Gasteiger partial charge in [-0.25, -0.2) is 0 Å². The second-order valence-corrected chi connectivity index (χ2v) is 6.12. The van der Waals surface area contributed by atoms with Gasteiger partial charge in [0.1, 0.15) is 0 Å². The molecule has 1 saturated heterocycles. The van der Waals surface area contributed by atoms with Gasteiger partial charge in [0.25, 0.3) is 0 Å². The van der Waals surface area contributed by atoms with Crippen LogP contribution in [-0.2, 0) is 0 Å². The van der Waals surface area contributed by atoms with Crippen molar-refractivity contribution in [2.75, 3.05) is 0 Å². The second kappa shape index (κ2) is 3.02. The van der Waals surface area contributed by atoms with E-state index < -0.39 is 0 Å². The monoisotopic (exact) mass is 158 g/mol. The van der Waals surface area contributed by atoms with E-state index in [2.05, 4.69) is 20.8 Å². The van der Waals surface area contributed by atoms with Crippen LogP contribution in [-0.4, -0.2) is 10.5 Å². The molecule has 0 aromatic heterocycles. The molecule has 2 unspecified atom stereocenters. The Morgan fingerprint density at radius 2 is 2.00 bits per heavy atom. The molecule has 0 N–H and O–H groups in total. The Bertz CT molecular complexity index is 173. The molecule has 0 aromatic carbocycles. The first-order valence-electron chi connectivity index (χ1n) is 4.16. The Kier molecular flexibility index (Phi) is 2.49. The van der Waals surface area contributed by atoms with Crippen LogP contribution in [0.2, 0.25) is 0 Å². The summed E-state index contributed by atoms with van der Waals surface area (Å²) in [6, 6.07) is 0. The van der Waals surface area contributed by atoms with Crippen molar-refractivity contribution in [2.24, 2.45) is 5.92 Å². The average Bonchev–Trinajstić information content (AvgIpc) is 2.14. The lowest BCUT2D eigenvalue weighted by atomic mass is 10.1. The number of hydrogen-bond donors (Lipinski definition) is 1. The van der Waals surface area contributed by atoms with Crippen LogP contribution in [0, 0.1) is 11.6 Å². The summed E-state index contributed by atoms with van der Waals surface area (Å²) in [6.07, 6.45) is 2.74. The van der Waals surface area contributed by atoms with Gasteiger partial charge in [0, 0.05) is 0 Å². The van der Waals surface area contributed by atoms with Crippen LogP contribution in [0.4, 0.5) is 0 Å². The van der Waals surface area contributed by atoms with Gasteiger partial charge in [-0.1, -0.05) is 20.8 Å². The fourth-order valence-electron chi connectivity index (χ4n) is 1.71. The van der Waals surface area contributed by atoms with E-state index >= 15 is 0 Å². The van der Waals surface area contributed by atoms with Gasteiger partial charge in [-0.3, -0.25) is 0 Å². The Morgan fingerprint density at radius 1 is 1.40 bits per heavy atom. The molecule has 0 saturated carbocycles.